The summed E-state index contributed by atoms with van der Waals surface area (Å²) in [4.78, 5) is 4.03. The lowest BCUT2D eigenvalue weighted by molar-refractivity contribution is 0.443. The fraction of sp³-hybridized carbons (Fsp3) is 0.500. The summed E-state index contributed by atoms with van der Waals surface area (Å²) in [6, 6.07) is 1.67. The van der Waals surface area contributed by atoms with E-state index in [1.54, 1.807) is 20.0 Å². The van der Waals surface area contributed by atoms with Crippen LogP contribution >= 0.6 is 0 Å². The summed E-state index contributed by atoms with van der Waals surface area (Å²) >= 11 is 0. The van der Waals surface area contributed by atoms with E-state index in [0.29, 0.717) is 29.0 Å². The Morgan fingerprint density at radius 3 is 2.90 bits per heavy atom. The summed E-state index contributed by atoms with van der Waals surface area (Å²) in [5.41, 5.74) is 1.46. The van der Waals surface area contributed by atoms with Gasteiger partial charge in [0.25, 0.3) is 5.71 Å². The normalized spacial score (nSPS) is 12.2. The van der Waals surface area contributed by atoms with Crippen molar-refractivity contribution < 1.29 is 12.9 Å². The number of nitrogens with zero attached hydrogens (tertiary/aromatic N) is 3. The van der Waals surface area contributed by atoms with Gasteiger partial charge in [0.2, 0.25) is 0 Å². The van der Waals surface area contributed by atoms with Crippen molar-refractivity contribution in [3.8, 4) is 0 Å². The molecule has 0 bridgehead atoms. The molecule has 0 radical (unpaired) electrons. The predicted molar refractivity (Wildman–Crippen MR) is 76.6 cm³/mol. The maximum Gasteiger partial charge on any atom is 0.301 e. The van der Waals surface area contributed by atoms with Gasteiger partial charge < -0.3 is 4.52 Å². The Kier molecular flexibility index (Phi) is 4.24. The lowest BCUT2D eigenvalue weighted by Crippen LogP contribution is -2.33. The van der Waals surface area contributed by atoms with Gasteiger partial charge in [-0.15, -0.1) is 0 Å². The summed E-state index contributed by atoms with van der Waals surface area (Å²) in [6.45, 7) is 4.27. The van der Waals surface area contributed by atoms with Crippen LogP contribution in [0, 0.1) is 6.92 Å². The third-order valence-electron chi connectivity index (χ3n) is 2.99. The van der Waals surface area contributed by atoms with E-state index in [1.807, 2.05) is 6.92 Å². The molecule has 0 saturated heterocycles. The van der Waals surface area contributed by atoms with Gasteiger partial charge in [0.05, 0.1) is 23.0 Å². The van der Waals surface area contributed by atoms with E-state index in [0.717, 1.165) is 12.8 Å². The van der Waals surface area contributed by atoms with Crippen LogP contribution in [0.5, 0.6) is 0 Å². The van der Waals surface area contributed by atoms with E-state index in [4.69, 9.17) is 4.52 Å². The SMILES string of the molecule is CCCCN(C)S(=O)(=O)Nc1cnc2onc(C)c2c1. The monoisotopic (exact) mass is 298 g/mol. The molecule has 0 aliphatic carbocycles. The standard InChI is InChI=1S/C12H18N4O3S/c1-4-5-6-16(3)20(17,18)15-10-7-11-9(2)14-19-12(11)13-8-10/h7-8,15H,4-6H2,1-3H3. The molecule has 1 N–H and O–H groups in total. The molecule has 0 fully saturated rings. The second kappa shape index (κ2) is 5.76. The van der Waals surface area contributed by atoms with E-state index < -0.39 is 10.2 Å². The van der Waals surface area contributed by atoms with Crippen molar-refractivity contribution in [1.29, 1.82) is 0 Å². The molecule has 0 atom stereocenters. The van der Waals surface area contributed by atoms with Crippen LogP contribution in [-0.4, -0.2) is 36.5 Å². The van der Waals surface area contributed by atoms with Gasteiger partial charge in [-0.2, -0.15) is 12.7 Å². The molecule has 2 rings (SSSR count). The average Bonchev–Trinajstić information content (AvgIpc) is 2.77. The second-order valence-electron chi connectivity index (χ2n) is 4.63. The molecular formula is C12H18N4O3S. The highest BCUT2D eigenvalue weighted by atomic mass is 32.2. The van der Waals surface area contributed by atoms with E-state index in [1.165, 1.54) is 10.5 Å². The van der Waals surface area contributed by atoms with Crippen molar-refractivity contribution >= 4 is 27.0 Å². The number of unbranched alkanes of at least 4 members (excludes halogenated alkanes) is 1. The minimum Gasteiger partial charge on any atom is -0.336 e. The molecular weight excluding hydrogens is 280 g/mol. The molecule has 0 saturated carbocycles. The average molecular weight is 298 g/mol. The van der Waals surface area contributed by atoms with Crippen molar-refractivity contribution in [3.63, 3.8) is 0 Å². The summed E-state index contributed by atoms with van der Waals surface area (Å²) in [6.07, 6.45) is 3.17. The minimum absolute atomic E-state index is 0.393. The van der Waals surface area contributed by atoms with Gasteiger partial charge in [0, 0.05) is 13.6 Å². The molecule has 2 heterocycles. The first kappa shape index (κ1) is 14.7. The molecule has 0 aliphatic rings. The molecule has 0 spiro atoms. The summed E-state index contributed by atoms with van der Waals surface area (Å²) < 4.78 is 33.0. The number of pyridine rings is 1. The van der Waals surface area contributed by atoms with Crippen LogP contribution < -0.4 is 4.72 Å². The third kappa shape index (κ3) is 3.07. The number of rotatable bonds is 6. The molecule has 20 heavy (non-hydrogen) atoms. The Morgan fingerprint density at radius 2 is 2.20 bits per heavy atom. The topological polar surface area (TPSA) is 88.3 Å². The van der Waals surface area contributed by atoms with E-state index >= 15 is 0 Å². The molecule has 110 valence electrons. The largest absolute Gasteiger partial charge is 0.336 e. The Balaban J connectivity index is 2.20. The highest BCUT2D eigenvalue weighted by Crippen LogP contribution is 2.20. The number of hydrogen-bond donors (Lipinski definition) is 1. The number of hydrogen-bond acceptors (Lipinski definition) is 5. The van der Waals surface area contributed by atoms with Crippen LogP contribution in [0.3, 0.4) is 0 Å². The van der Waals surface area contributed by atoms with Gasteiger partial charge in [-0.3, -0.25) is 4.72 Å². The number of aromatic nitrogens is 2. The van der Waals surface area contributed by atoms with E-state index in [-0.39, 0.29) is 0 Å². The third-order valence-corrected chi connectivity index (χ3v) is 4.49. The number of nitrogens with one attached hydrogen (secondary N) is 1. The number of aryl methyl sites for hydroxylation is 1. The number of fused-ring (bicyclic) bond motifs is 1. The van der Waals surface area contributed by atoms with E-state index in [2.05, 4.69) is 14.9 Å². The first-order valence-corrected chi connectivity index (χ1v) is 7.84. The Hall–Kier alpha value is -1.67. The van der Waals surface area contributed by atoms with Crippen LogP contribution in [0.1, 0.15) is 25.5 Å². The molecule has 2 aromatic rings. The first-order chi connectivity index (χ1) is 9.44. The highest BCUT2D eigenvalue weighted by Gasteiger charge is 2.17. The van der Waals surface area contributed by atoms with Gasteiger partial charge in [-0.1, -0.05) is 18.5 Å². The Morgan fingerprint density at radius 1 is 1.45 bits per heavy atom. The minimum atomic E-state index is -3.56. The fourth-order valence-electron chi connectivity index (χ4n) is 1.73. The van der Waals surface area contributed by atoms with Crippen molar-refractivity contribution in [2.75, 3.05) is 18.3 Å². The second-order valence-corrected chi connectivity index (χ2v) is 6.40. The van der Waals surface area contributed by atoms with Crippen LogP contribution in [-0.2, 0) is 10.2 Å². The highest BCUT2D eigenvalue weighted by molar-refractivity contribution is 7.90. The van der Waals surface area contributed by atoms with Crippen LogP contribution in [0.4, 0.5) is 5.69 Å². The molecule has 0 amide bonds. The maximum absolute atomic E-state index is 12.1. The zero-order valence-corrected chi connectivity index (χ0v) is 12.6. The first-order valence-electron chi connectivity index (χ1n) is 6.40. The van der Waals surface area contributed by atoms with Gasteiger partial charge >= 0.3 is 10.2 Å². The smallest absolute Gasteiger partial charge is 0.301 e. The van der Waals surface area contributed by atoms with Crippen LogP contribution in [0.15, 0.2) is 16.8 Å². The van der Waals surface area contributed by atoms with Crippen LogP contribution in [0.25, 0.3) is 11.1 Å². The lowest BCUT2D eigenvalue weighted by atomic mass is 10.3. The van der Waals surface area contributed by atoms with Crippen LogP contribution in [0.2, 0.25) is 0 Å². The van der Waals surface area contributed by atoms with Gasteiger partial charge in [0.1, 0.15) is 0 Å². The molecule has 0 aliphatic heterocycles. The quantitative estimate of drug-likeness (QED) is 0.880. The molecule has 2 aromatic heterocycles. The molecule has 0 unspecified atom stereocenters. The molecule has 0 aromatic carbocycles. The van der Waals surface area contributed by atoms with Crippen molar-refractivity contribution in [1.82, 2.24) is 14.4 Å². The summed E-state index contributed by atoms with van der Waals surface area (Å²) in [5, 5.41) is 4.48. The molecule has 8 heteroatoms. The number of anilines is 1. The van der Waals surface area contributed by atoms with Gasteiger partial charge in [-0.05, 0) is 19.4 Å². The fourth-order valence-corrected chi connectivity index (χ4v) is 2.66. The zero-order chi connectivity index (χ0) is 14.8. The van der Waals surface area contributed by atoms with Crippen molar-refractivity contribution in [2.45, 2.75) is 26.7 Å². The van der Waals surface area contributed by atoms with E-state index in [9.17, 15) is 8.42 Å². The van der Waals surface area contributed by atoms with Gasteiger partial charge in [-0.25, -0.2) is 4.98 Å². The lowest BCUT2D eigenvalue weighted by Gasteiger charge is -2.17. The summed E-state index contributed by atoms with van der Waals surface area (Å²) in [5.74, 6) is 0. The van der Waals surface area contributed by atoms with Crippen molar-refractivity contribution in [2.24, 2.45) is 0 Å². The zero-order valence-electron chi connectivity index (χ0n) is 11.8. The van der Waals surface area contributed by atoms with Gasteiger partial charge in [0.15, 0.2) is 0 Å². The molecule has 7 nitrogen and oxygen atoms in total. The Bertz CT molecular complexity index is 696. The Labute approximate surface area is 118 Å². The maximum atomic E-state index is 12.1. The predicted octanol–water partition coefficient (Wildman–Crippen LogP) is 1.92. The van der Waals surface area contributed by atoms with Crippen molar-refractivity contribution in [3.05, 3.63) is 18.0 Å². The summed E-state index contributed by atoms with van der Waals surface area (Å²) in [7, 11) is -2.01.